The molecule has 1 aromatic carbocycles. The number of nitrogens with zero attached hydrogens (tertiary/aromatic N) is 2. The summed E-state index contributed by atoms with van der Waals surface area (Å²) in [5.41, 5.74) is 2.39. The number of ether oxygens (including phenoxy) is 1. The van der Waals surface area contributed by atoms with Crippen molar-refractivity contribution in [2.24, 2.45) is 5.92 Å². The molecule has 1 aliphatic heterocycles. The molecule has 206 valence electrons. The van der Waals surface area contributed by atoms with E-state index in [9.17, 15) is 14.4 Å². The number of benzene rings is 1. The summed E-state index contributed by atoms with van der Waals surface area (Å²) in [4.78, 5) is 43.3. The molecule has 1 aromatic rings. The molecule has 1 saturated heterocycles. The number of hydrogen-bond acceptors (Lipinski definition) is 6. The van der Waals surface area contributed by atoms with Gasteiger partial charge in [-0.25, -0.2) is 4.79 Å². The van der Waals surface area contributed by atoms with E-state index in [4.69, 9.17) is 4.74 Å². The van der Waals surface area contributed by atoms with E-state index in [-0.39, 0.29) is 23.8 Å². The highest BCUT2D eigenvalue weighted by molar-refractivity contribution is 5.90. The molecule has 0 radical (unpaired) electrons. The number of amides is 3. The van der Waals surface area contributed by atoms with E-state index < -0.39 is 24.4 Å². The van der Waals surface area contributed by atoms with Gasteiger partial charge in [0.05, 0.1) is 18.6 Å². The molecule has 3 rings (SSSR count). The number of rotatable bonds is 10. The van der Waals surface area contributed by atoms with Gasteiger partial charge in [0, 0.05) is 13.1 Å². The van der Waals surface area contributed by atoms with Crippen LogP contribution in [-0.2, 0) is 20.7 Å². The summed E-state index contributed by atoms with van der Waals surface area (Å²) in [7, 11) is 1.71. The normalized spacial score (nSPS) is 21.6. The van der Waals surface area contributed by atoms with Gasteiger partial charge in [-0.2, -0.15) is 0 Å². The topological polar surface area (TPSA) is 103 Å². The maximum Gasteiger partial charge on any atom is 0.409 e. The van der Waals surface area contributed by atoms with Crippen molar-refractivity contribution in [3.05, 3.63) is 35.4 Å². The molecule has 4 atom stereocenters. The second-order valence-corrected chi connectivity index (χ2v) is 10.6. The highest BCUT2D eigenvalue weighted by atomic mass is 16.6. The Hall–Kier alpha value is -2.65. The lowest BCUT2D eigenvalue weighted by molar-refractivity contribution is -0.152. The highest BCUT2D eigenvalue weighted by Gasteiger charge is 2.38. The average molecular weight is 516 g/mol. The summed E-state index contributed by atoms with van der Waals surface area (Å²) in [6.07, 6.45) is 3.73. The number of piperazine rings is 1. The van der Waals surface area contributed by atoms with Crippen molar-refractivity contribution in [3.8, 4) is 0 Å². The first kappa shape index (κ1) is 28.9. The molecule has 0 spiro atoms. The van der Waals surface area contributed by atoms with Gasteiger partial charge >= 0.3 is 6.09 Å². The summed E-state index contributed by atoms with van der Waals surface area (Å²) in [6, 6.07) is 6.96. The molecule has 9 nitrogen and oxygen atoms in total. The van der Waals surface area contributed by atoms with E-state index in [1.165, 1.54) is 5.56 Å². The lowest BCUT2D eigenvalue weighted by Gasteiger charge is -2.42. The molecule has 1 fully saturated rings. The first-order chi connectivity index (χ1) is 17.7. The van der Waals surface area contributed by atoms with Crippen molar-refractivity contribution in [2.45, 2.75) is 84.2 Å². The Morgan fingerprint density at radius 1 is 1.14 bits per heavy atom. The SMILES string of the molecule is CCCCN1CCN(C(=O)[C@@H](NC(=O)[C@H](C)NC)C(C)C)[C@@H](OC(=O)NC2CCCc3ccccc32)C1. The molecule has 0 saturated carbocycles. The van der Waals surface area contributed by atoms with Gasteiger partial charge in [0.1, 0.15) is 6.04 Å². The number of alkyl carbamates (subject to hydrolysis) is 1. The predicted molar refractivity (Wildman–Crippen MR) is 144 cm³/mol. The maximum absolute atomic E-state index is 13.7. The second kappa shape index (κ2) is 13.8. The summed E-state index contributed by atoms with van der Waals surface area (Å²) < 4.78 is 5.94. The van der Waals surface area contributed by atoms with E-state index in [0.717, 1.165) is 44.2 Å². The number of carbonyl (C=O) groups is 3. The zero-order valence-electron chi connectivity index (χ0n) is 23.1. The number of carbonyl (C=O) groups excluding carboxylic acids is 3. The predicted octanol–water partition coefficient (Wildman–Crippen LogP) is 2.81. The number of unbranched alkanes of at least 4 members (excludes halogenated alkanes) is 1. The van der Waals surface area contributed by atoms with Crippen LogP contribution in [-0.4, -0.2) is 79.2 Å². The van der Waals surface area contributed by atoms with Crippen molar-refractivity contribution in [3.63, 3.8) is 0 Å². The summed E-state index contributed by atoms with van der Waals surface area (Å²) in [5.74, 6) is -0.572. The lowest BCUT2D eigenvalue weighted by Crippen LogP contribution is -2.62. The quantitative estimate of drug-likeness (QED) is 0.443. The first-order valence-electron chi connectivity index (χ1n) is 13.8. The van der Waals surface area contributed by atoms with Gasteiger partial charge in [0.25, 0.3) is 0 Å². The Balaban J connectivity index is 1.74. The second-order valence-electron chi connectivity index (χ2n) is 10.6. The highest BCUT2D eigenvalue weighted by Crippen LogP contribution is 2.29. The van der Waals surface area contributed by atoms with E-state index in [0.29, 0.717) is 19.6 Å². The largest absolute Gasteiger partial charge is 0.424 e. The maximum atomic E-state index is 13.7. The molecule has 2 aliphatic rings. The summed E-state index contributed by atoms with van der Waals surface area (Å²) in [6.45, 7) is 10.2. The van der Waals surface area contributed by atoms with Crippen LogP contribution < -0.4 is 16.0 Å². The number of nitrogens with one attached hydrogen (secondary N) is 3. The molecule has 3 N–H and O–H groups in total. The summed E-state index contributed by atoms with van der Waals surface area (Å²) in [5, 5.41) is 8.86. The van der Waals surface area contributed by atoms with Gasteiger partial charge < -0.3 is 25.6 Å². The third-order valence-electron chi connectivity index (χ3n) is 7.49. The lowest BCUT2D eigenvalue weighted by atomic mass is 9.88. The van der Waals surface area contributed by atoms with Crippen molar-refractivity contribution in [1.29, 1.82) is 0 Å². The Morgan fingerprint density at radius 3 is 2.59 bits per heavy atom. The molecular formula is C28H45N5O4. The zero-order chi connectivity index (χ0) is 26.9. The molecule has 1 aliphatic carbocycles. The Labute approximate surface area is 221 Å². The zero-order valence-corrected chi connectivity index (χ0v) is 23.1. The minimum atomic E-state index is -0.725. The monoisotopic (exact) mass is 515 g/mol. The first-order valence-corrected chi connectivity index (χ1v) is 13.8. The molecule has 9 heteroatoms. The standard InChI is InChI=1S/C28H45N5O4/c1-6-7-15-32-16-17-33(27(35)25(19(2)3)31-26(34)20(4)29-5)24(18-32)37-28(36)30-23-14-10-12-21-11-8-9-13-22(21)23/h8-9,11,13,19-20,23-25,29H,6-7,10,12,14-18H2,1-5H3,(H,30,36)(H,31,34)/t20-,23?,24-,25-/m0/s1. The van der Waals surface area contributed by atoms with E-state index in [1.807, 2.05) is 26.0 Å². The minimum Gasteiger partial charge on any atom is -0.424 e. The fraction of sp³-hybridized carbons (Fsp3) is 0.679. The fourth-order valence-corrected chi connectivity index (χ4v) is 5.05. The van der Waals surface area contributed by atoms with Gasteiger partial charge in [-0.05, 0) is 63.2 Å². The van der Waals surface area contributed by atoms with Crippen LogP contribution in [0.25, 0.3) is 0 Å². The number of aryl methyl sites for hydroxylation is 1. The molecule has 37 heavy (non-hydrogen) atoms. The van der Waals surface area contributed by atoms with Gasteiger partial charge in [-0.15, -0.1) is 0 Å². The van der Waals surface area contributed by atoms with Crippen LogP contribution in [0.2, 0.25) is 0 Å². The van der Waals surface area contributed by atoms with Gasteiger partial charge in [0.15, 0.2) is 6.23 Å². The van der Waals surface area contributed by atoms with Crippen LogP contribution >= 0.6 is 0 Å². The fourth-order valence-electron chi connectivity index (χ4n) is 5.05. The molecule has 1 heterocycles. The van der Waals surface area contributed by atoms with E-state index in [1.54, 1.807) is 18.9 Å². The summed E-state index contributed by atoms with van der Waals surface area (Å²) >= 11 is 0. The molecule has 0 aromatic heterocycles. The van der Waals surface area contributed by atoms with Crippen molar-refractivity contribution in [2.75, 3.05) is 33.2 Å². The number of hydrogen-bond donors (Lipinski definition) is 3. The Morgan fingerprint density at radius 2 is 1.89 bits per heavy atom. The van der Waals surface area contributed by atoms with Crippen molar-refractivity contribution < 1.29 is 19.1 Å². The minimum absolute atomic E-state index is 0.105. The molecule has 0 bridgehead atoms. The van der Waals surface area contributed by atoms with Crippen molar-refractivity contribution in [1.82, 2.24) is 25.8 Å². The molecule has 3 amide bonds. The van der Waals surface area contributed by atoms with Gasteiger partial charge in [-0.1, -0.05) is 51.5 Å². The van der Waals surface area contributed by atoms with Crippen LogP contribution in [0, 0.1) is 5.92 Å². The van der Waals surface area contributed by atoms with E-state index >= 15 is 0 Å². The third kappa shape index (κ3) is 7.68. The average Bonchev–Trinajstić information content (AvgIpc) is 2.89. The molecular weight excluding hydrogens is 470 g/mol. The Kier molecular flexibility index (Phi) is 10.8. The van der Waals surface area contributed by atoms with Crippen LogP contribution in [0.3, 0.4) is 0 Å². The third-order valence-corrected chi connectivity index (χ3v) is 7.49. The smallest absolute Gasteiger partial charge is 0.409 e. The van der Waals surface area contributed by atoms with Crippen LogP contribution in [0.15, 0.2) is 24.3 Å². The van der Waals surface area contributed by atoms with Crippen LogP contribution in [0.4, 0.5) is 4.79 Å². The number of likely N-dealkylation sites (N-methyl/N-ethyl adjacent to an activating group) is 1. The molecule has 1 unspecified atom stereocenters. The van der Waals surface area contributed by atoms with Gasteiger partial charge in [-0.3, -0.25) is 14.5 Å². The van der Waals surface area contributed by atoms with Crippen molar-refractivity contribution >= 4 is 17.9 Å². The van der Waals surface area contributed by atoms with Gasteiger partial charge in [0.2, 0.25) is 11.8 Å². The van der Waals surface area contributed by atoms with Crippen LogP contribution in [0.5, 0.6) is 0 Å². The Bertz CT molecular complexity index is 924. The van der Waals surface area contributed by atoms with Crippen LogP contribution in [0.1, 0.15) is 70.5 Å². The van der Waals surface area contributed by atoms with E-state index in [2.05, 4.69) is 39.9 Å². The number of fused-ring (bicyclic) bond motifs is 1.